The van der Waals surface area contributed by atoms with Crippen LogP contribution in [0.1, 0.15) is 51.8 Å². The molecule has 2 heterocycles. The van der Waals surface area contributed by atoms with Crippen LogP contribution in [0.4, 0.5) is 0 Å². The Bertz CT molecular complexity index is 826. The molecule has 1 saturated carbocycles. The van der Waals surface area contributed by atoms with Gasteiger partial charge in [-0.25, -0.2) is 9.66 Å². The fourth-order valence-corrected chi connectivity index (χ4v) is 5.19. The van der Waals surface area contributed by atoms with Crippen molar-refractivity contribution in [3.63, 3.8) is 0 Å². The molecular formula is C20H27ClN4. The molecule has 1 aromatic heterocycles. The van der Waals surface area contributed by atoms with E-state index in [9.17, 15) is 0 Å². The first-order valence-corrected chi connectivity index (χ1v) is 9.71. The lowest BCUT2D eigenvalue weighted by Crippen LogP contribution is -2.35. The van der Waals surface area contributed by atoms with E-state index in [2.05, 4.69) is 25.3 Å². The van der Waals surface area contributed by atoms with Crippen LogP contribution in [0.2, 0.25) is 5.02 Å². The summed E-state index contributed by atoms with van der Waals surface area (Å²) in [7, 11) is 0. The van der Waals surface area contributed by atoms with Crippen molar-refractivity contribution in [1.82, 2.24) is 14.6 Å². The lowest BCUT2D eigenvalue weighted by Gasteiger charge is -2.35. The largest absolute Gasteiger partial charge is 0.364 e. The van der Waals surface area contributed by atoms with Gasteiger partial charge in [-0.05, 0) is 43.4 Å². The molecule has 4 rings (SSSR count). The van der Waals surface area contributed by atoms with E-state index in [1.165, 1.54) is 31.4 Å². The summed E-state index contributed by atoms with van der Waals surface area (Å²) < 4.78 is 1.69. The van der Waals surface area contributed by atoms with Gasteiger partial charge in [0.15, 0.2) is 0 Å². The van der Waals surface area contributed by atoms with E-state index in [4.69, 9.17) is 22.4 Å². The molecule has 2 N–H and O–H groups in total. The molecule has 25 heavy (non-hydrogen) atoms. The highest BCUT2D eigenvalue weighted by Gasteiger charge is 2.51. The highest BCUT2D eigenvalue weighted by atomic mass is 35.5. The molecule has 1 aliphatic heterocycles. The van der Waals surface area contributed by atoms with Gasteiger partial charge in [0.1, 0.15) is 5.82 Å². The molecule has 3 atom stereocenters. The quantitative estimate of drug-likeness (QED) is 0.808. The molecule has 1 aromatic carbocycles. The summed E-state index contributed by atoms with van der Waals surface area (Å²) in [5, 5.41) is 0.683. The molecule has 5 heteroatoms. The maximum atomic E-state index is 6.34. The number of nitrogens with zero attached hydrogens (tertiary/aromatic N) is 3. The van der Waals surface area contributed by atoms with Crippen molar-refractivity contribution < 1.29 is 0 Å². The number of rotatable bonds is 3. The van der Waals surface area contributed by atoms with Crippen molar-refractivity contribution >= 4 is 22.6 Å². The highest BCUT2D eigenvalue weighted by molar-refractivity contribution is 6.31. The number of aromatic nitrogens is 2. The molecule has 0 bridgehead atoms. The molecule has 2 aromatic rings. The van der Waals surface area contributed by atoms with E-state index in [0.29, 0.717) is 17.0 Å². The minimum atomic E-state index is 0.194. The van der Waals surface area contributed by atoms with Crippen LogP contribution in [0, 0.1) is 11.3 Å². The second-order valence-electron chi connectivity index (χ2n) is 7.83. The van der Waals surface area contributed by atoms with Gasteiger partial charge in [0, 0.05) is 22.2 Å². The third kappa shape index (κ3) is 2.45. The van der Waals surface area contributed by atoms with Crippen LogP contribution in [0.25, 0.3) is 11.0 Å². The number of likely N-dealkylation sites (tertiary alicyclic amines) is 1. The van der Waals surface area contributed by atoms with Gasteiger partial charge in [0.05, 0.1) is 17.6 Å². The second-order valence-corrected chi connectivity index (χ2v) is 8.27. The summed E-state index contributed by atoms with van der Waals surface area (Å²) in [4.78, 5) is 7.24. The molecule has 0 amide bonds. The number of benzene rings is 1. The molecule has 2 fully saturated rings. The number of nitrogens with two attached hydrogens (primary N) is 1. The number of imidazole rings is 1. The number of nitrogen functional groups attached to an aromatic ring is 1. The Labute approximate surface area is 154 Å². The number of allylic oxidation sites excluding steroid dienone is 1. The summed E-state index contributed by atoms with van der Waals surface area (Å²) in [6, 6.07) is 6.24. The summed E-state index contributed by atoms with van der Waals surface area (Å²) in [5.41, 5.74) is 3.23. The lowest BCUT2D eigenvalue weighted by atomic mass is 9.68. The van der Waals surface area contributed by atoms with Crippen molar-refractivity contribution in [1.29, 1.82) is 0 Å². The van der Waals surface area contributed by atoms with E-state index < -0.39 is 0 Å². The number of fused-ring (bicyclic) bond motifs is 2. The van der Waals surface area contributed by atoms with Crippen LogP contribution >= 0.6 is 11.6 Å². The third-order valence-corrected chi connectivity index (χ3v) is 6.96. The standard InChI is InChI=1S/C20H27ClN4/c1-4-20(3)13(2)24(17-8-6-5-7-15(17)20)12-19-23-16-10-9-14(21)11-18(16)25(19)22/h9-11,15,17H,2,4-8,12,22H2,1,3H3. The average Bonchev–Trinajstić information content (AvgIpc) is 3.04. The molecule has 0 radical (unpaired) electrons. The molecule has 0 spiro atoms. The van der Waals surface area contributed by atoms with E-state index in [1.54, 1.807) is 4.68 Å². The van der Waals surface area contributed by atoms with Gasteiger partial charge in [0.25, 0.3) is 0 Å². The summed E-state index contributed by atoms with van der Waals surface area (Å²) >= 11 is 6.12. The first-order chi connectivity index (χ1) is 12.0. The topological polar surface area (TPSA) is 47.1 Å². The molecule has 2 aliphatic rings. The zero-order chi connectivity index (χ0) is 17.8. The van der Waals surface area contributed by atoms with E-state index in [1.807, 2.05) is 18.2 Å². The van der Waals surface area contributed by atoms with Crippen LogP contribution in [0.3, 0.4) is 0 Å². The Morgan fingerprint density at radius 3 is 2.88 bits per heavy atom. The Kier molecular flexibility index (Phi) is 3.99. The molecular weight excluding hydrogens is 332 g/mol. The van der Waals surface area contributed by atoms with Crippen LogP contribution in [0.15, 0.2) is 30.5 Å². The smallest absolute Gasteiger partial charge is 0.147 e. The van der Waals surface area contributed by atoms with Gasteiger partial charge in [-0.2, -0.15) is 0 Å². The minimum absolute atomic E-state index is 0.194. The maximum absolute atomic E-state index is 6.34. The molecule has 1 aliphatic carbocycles. The maximum Gasteiger partial charge on any atom is 0.147 e. The monoisotopic (exact) mass is 358 g/mol. The molecule has 1 saturated heterocycles. The Hall–Kier alpha value is -1.68. The Morgan fingerprint density at radius 2 is 2.12 bits per heavy atom. The summed E-state index contributed by atoms with van der Waals surface area (Å²) in [5.74, 6) is 7.91. The van der Waals surface area contributed by atoms with Crippen molar-refractivity contribution in [2.75, 3.05) is 5.84 Å². The van der Waals surface area contributed by atoms with Gasteiger partial charge < -0.3 is 10.7 Å². The average molecular weight is 359 g/mol. The second kappa shape index (κ2) is 5.94. The first-order valence-electron chi connectivity index (χ1n) is 9.33. The van der Waals surface area contributed by atoms with Gasteiger partial charge in [-0.1, -0.05) is 44.9 Å². The molecule has 3 unspecified atom stereocenters. The van der Waals surface area contributed by atoms with Gasteiger partial charge >= 0.3 is 0 Å². The molecule has 134 valence electrons. The summed E-state index contributed by atoms with van der Waals surface area (Å²) in [6.45, 7) is 9.91. The zero-order valence-electron chi connectivity index (χ0n) is 15.1. The van der Waals surface area contributed by atoms with Gasteiger partial charge in [-0.3, -0.25) is 0 Å². The van der Waals surface area contributed by atoms with Crippen molar-refractivity contribution in [3.8, 4) is 0 Å². The third-order valence-electron chi connectivity index (χ3n) is 6.72. The normalized spacial score (nSPS) is 29.4. The van der Waals surface area contributed by atoms with Crippen LogP contribution in [-0.2, 0) is 6.54 Å². The first kappa shape index (κ1) is 16.8. The fraction of sp³-hybridized carbons (Fsp3) is 0.550. The minimum Gasteiger partial charge on any atom is -0.364 e. The predicted octanol–water partition coefficient (Wildman–Crippen LogP) is 4.71. The van der Waals surface area contributed by atoms with E-state index in [0.717, 1.165) is 29.8 Å². The van der Waals surface area contributed by atoms with Gasteiger partial charge in [-0.15, -0.1) is 0 Å². The van der Waals surface area contributed by atoms with Crippen LogP contribution in [-0.4, -0.2) is 20.6 Å². The van der Waals surface area contributed by atoms with E-state index in [-0.39, 0.29) is 5.41 Å². The Balaban J connectivity index is 1.70. The zero-order valence-corrected chi connectivity index (χ0v) is 15.9. The highest BCUT2D eigenvalue weighted by Crippen LogP contribution is 2.55. The number of hydrogen-bond acceptors (Lipinski definition) is 3. The van der Waals surface area contributed by atoms with Crippen LogP contribution in [0.5, 0.6) is 0 Å². The lowest BCUT2D eigenvalue weighted by molar-refractivity contribution is 0.155. The predicted molar refractivity (Wildman–Crippen MR) is 104 cm³/mol. The fourth-order valence-electron chi connectivity index (χ4n) is 5.03. The van der Waals surface area contributed by atoms with Crippen molar-refractivity contribution in [3.05, 3.63) is 41.3 Å². The SMILES string of the molecule is C=C1N(Cc2nc3ccc(Cl)cc3n2N)C2CCCCC2C1(C)CC. The van der Waals surface area contributed by atoms with Crippen molar-refractivity contribution in [2.45, 2.75) is 58.5 Å². The van der Waals surface area contributed by atoms with Crippen molar-refractivity contribution in [2.24, 2.45) is 11.3 Å². The van der Waals surface area contributed by atoms with E-state index >= 15 is 0 Å². The number of hydrogen-bond donors (Lipinski definition) is 1. The summed E-state index contributed by atoms with van der Waals surface area (Å²) in [6.07, 6.45) is 6.33. The Morgan fingerprint density at radius 1 is 1.36 bits per heavy atom. The molecule has 4 nitrogen and oxygen atoms in total. The van der Waals surface area contributed by atoms with Gasteiger partial charge in [0.2, 0.25) is 0 Å². The number of halogens is 1. The van der Waals surface area contributed by atoms with Crippen LogP contribution < -0.4 is 5.84 Å².